The fourth-order valence-electron chi connectivity index (χ4n) is 1.30. The summed E-state index contributed by atoms with van der Waals surface area (Å²) >= 11 is 0. The molecule has 0 atom stereocenters. The van der Waals surface area contributed by atoms with E-state index in [1.165, 1.54) is 23.4 Å². The van der Waals surface area contributed by atoms with Gasteiger partial charge < -0.3 is 5.73 Å². The predicted molar refractivity (Wildman–Crippen MR) is 49.2 cm³/mol. The van der Waals surface area contributed by atoms with E-state index in [4.69, 9.17) is 5.73 Å². The summed E-state index contributed by atoms with van der Waals surface area (Å²) in [5.41, 5.74) is 6.53. The van der Waals surface area contributed by atoms with Gasteiger partial charge in [-0.05, 0) is 12.1 Å². The molecule has 2 aromatic rings. The van der Waals surface area contributed by atoms with Gasteiger partial charge >= 0.3 is 0 Å². The van der Waals surface area contributed by atoms with E-state index in [1.807, 2.05) is 0 Å². The Hall–Kier alpha value is -1.75. The van der Waals surface area contributed by atoms with Crippen LogP contribution in [0.4, 0.5) is 4.39 Å². The van der Waals surface area contributed by atoms with Crippen LogP contribution in [-0.2, 0) is 6.54 Å². The van der Waals surface area contributed by atoms with E-state index in [2.05, 4.69) is 10.1 Å². The third-order valence-corrected chi connectivity index (χ3v) is 1.96. The number of benzene rings is 1. The SMILES string of the molecule is NCc1c(F)cccc1-n1cncn1. The molecule has 1 heterocycles. The standard InChI is InChI=1S/C9H9FN4/c10-8-2-1-3-9(7(8)4-11)14-6-12-5-13-14/h1-3,5-6H,4,11H2. The van der Waals surface area contributed by atoms with E-state index in [0.717, 1.165) is 0 Å². The first kappa shape index (κ1) is 8.83. The van der Waals surface area contributed by atoms with Gasteiger partial charge in [0.15, 0.2) is 0 Å². The van der Waals surface area contributed by atoms with Crippen LogP contribution in [0.3, 0.4) is 0 Å². The molecule has 2 N–H and O–H groups in total. The van der Waals surface area contributed by atoms with Crippen molar-refractivity contribution < 1.29 is 4.39 Å². The van der Waals surface area contributed by atoms with Crippen LogP contribution in [0.2, 0.25) is 0 Å². The predicted octanol–water partition coefficient (Wildman–Crippen LogP) is 0.865. The maximum absolute atomic E-state index is 13.3. The van der Waals surface area contributed by atoms with Crippen molar-refractivity contribution in [2.24, 2.45) is 5.73 Å². The summed E-state index contributed by atoms with van der Waals surface area (Å²) in [7, 11) is 0. The fraction of sp³-hybridized carbons (Fsp3) is 0.111. The molecule has 1 aromatic heterocycles. The van der Waals surface area contributed by atoms with Crippen LogP contribution in [0.25, 0.3) is 5.69 Å². The van der Waals surface area contributed by atoms with Gasteiger partial charge in [-0.1, -0.05) is 6.07 Å². The Morgan fingerprint density at radius 3 is 2.93 bits per heavy atom. The molecule has 0 aliphatic rings. The molecule has 0 aliphatic carbocycles. The van der Waals surface area contributed by atoms with Crippen LogP contribution in [0, 0.1) is 5.82 Å². The van der Waals surface area contributed by atoms with Crippen LogP contribution < -0.4 is 5.73 Å². The van der Waals surface area contributed by atoms with Crippen molar-refractivity contribution in [3.05, 3.63) is 42.2 Å². The van der Waals surface area contributed by atoms with Crippen molar-refractivity contribution in [1.29, 1.82) is 0 Å². The van der Waals surface area contributed by atoms with Crippen molar-refractivity contribution >= 4 is 0 Å². The Bertz CT molecular complexity index is 424. The second-order valence-corrected chi connectivity index (χ2v) is 2.78. The van der Waals surface area contributed by atoms with Gasteiger partial charge in [0, 0.05) is 12.1 Å². The van der Waals surface area contributed by atoms with Gasteiger partial charge in [0.25, 0.3) is 0 Å². The third-order valence-electron chi connectivity index (χ3n) is 1.96. The Morgan fingerprint density at radius 2 is 2.29 bits per heavy atom. The molecule has 0 fully saturated rings. The van der Waals surface area contributed by atoms with Gasteiger partial charge in [0.05, 0.1) is 5.69 Å². The minimum atomic E-state index is -0.319. The number of nitrogens with zero attached hydrogens (tertiary/aromatic N) is 3. The number of rotatable bonds is 2. The Kier molecular flexibility index (Phi) is 2.24. The van der Waals surface area contributed by atoms with Gasteiger partial charge in [-0.25, -0.2) is 14.1 Å². The molecule has 0 radical (unpaired) electrons. The quantitative estimate of drug-likeness (QED) is 0.767. The largest absolute Gasteiger partial charge is 0.326 e. The van der Waals surface area contributed by atoms with Crippen molar-refractivity contribution in [3.8, 4) is 5.69 Å². The second-order valence-electron chi connectivity index (χ2n) is 2.78. The lowest BCUT2D eigenvalue weighted by molar-refractivity contribution is 0.607. The maximum Gasteiger partial charge on any atom is 0.138 e. The highest BCUT2D eigenvalue weighted by atomic mass is 19.1. The van der Waals surface area contributed by atoms with Gasteiger partial charge in [-0.3, -0.25) is 0 Å². The zero-order chi connectivity index (χ0) is 9.97. The number of hydrogen-bond donors (Lipinski definition) is 1. The van der Waals surface area contributed by atoms with Crippen molar-refractivity contribution in [2.75, 3.05) is 0 Å². The normalized spacial score (nSPS) is 10.4. The summed E-state index contributed by atoms with van der Waals surface area (Å²) in [6, 6.07) is 4.74. The Balaban J connectivity index is 2.58. The minimum absolute atomic E-state index is 0.141. The topological polar surface area (TPSA) is 56.7 Å². The van der Waals surface area contributed by atoms with Crippen LogP contribution in [0.15, 0.2) is 30.9 Å². The number of nitrogens with two attached hydrogens (primary N) is 1. The van der Waals surface area contributed by atoms with Crippen LogP contribution in [0.5, 0.6) is 0 Å². The molecule has 0 bridgehead atoms. The lowest BCUT2D eigenvalue weighted by Crippen LogP contribution is -2.07. The zero-order valence-electron chi connectivity index (χ0n) is 7.39. The molecule has 0 unspecified atom stereocenters. The van der Waals surface area contributed by atoms with E-state index < -0.39 is 0 Å². The Labute approximate surface area is 80.2 Å². The Morgan fingerprint density at radius 1 is 1.43 bits per heavy atom. The van der Waals surface area contributed by atoms with E-state index in [9.17, 15) is 4.39 Å². The monoisotopic (exact) mass is 192 g/mol. The second kappa shape index (κ2) is 3.55. The molecule has 2 rings (SSSR count). The first-order valence-corrected chi connectivity index (χ1v) is 4.15. The first-order chi connectivity index (χ1) is 6.83. The van der Waals surface area contributed by atoms with Gasteiger partial charge in [-0.15, -0.1) is 0 Å². The number of halogens is 1. The highest BCUT2D eigenvalue weighted by Gasteiger charge is 2.08. The molecule has 0 aliphatic heterocycles. The highest BCUT2D eigenvalue weighted by Crippen LogP contribution is 2.15. The van der Waals surface area contributed by atoms with Crippen molar-refractivity contribution in [1.82, 2.24) is 14.8 Å². The highest BCUT2D eigenvalue weighted by molar-refractivity contribution is 5.40. The smallest absolute Gasteiger partial charge is 0.138 e. The minimum Gasteiger partial charge on any atom is -0.326 e. The van der Waals surface area contributed by atoms with Gasteiger partial charge in [0.1, 0.15) is 18.5 Å². The van der Waals surface area contributed by atoms with E-state index >= 15 is 0 Å². The molecule has 1 aromatic carbocycles. The average molecular weight is 192 g/mol. The molecular weight excluding hydrogens is 183 g/mol. The van der Waals surface area contributed by atoms with E-state index in [0.29, 0.717) is 11.3 Å². The van der Waals surface area contributed by atoms with Crippen molar-refractivity contribution in [2.45, 2.75) is 6.54 Å². The number of aromatic nitrogens is 3. The third kappa shape index (κ3) is 1.38. The first-order valence-electron chi connectivity index (χ1n) is 4.15. The fourth-order valence-corrected chi connectivity index (χ4v) is 1.30. The molecule has 0 amide bonds. The molecule has 72 valence electrons. The summed E-state index contributed by atoms with van der Waals surface area (Å²) in [4.78, 5) is 3.79. The van der Waals surface area contributed by atoms with Gasteiger partial charge in [-0.2, -0.15) is 5.10 Å². The summed E-state index contributed by atoms with van der Waals surface area (Å²) in [6.07, 6.45) is 2.90. The van der Waals surface area contributed by atoms with Crippen LogP contribution in [0.1, 0.15) is 5.56 Å². The molecule has 5 heteroatoms. The average Bonchev–Trinajstić information content (AvgIpc) is 2.70. The number of hydrogen-bond acceptors (Lipinski definition) is 3. The molecule has 0 saturated carbocycles. The molecule has 0 saturated heterocycles. The maximum atomic E-state index is 13.3. The summed E-state index contributed by atoms with van der Waals surface area (Å²) in [5.74, 6) is -0.319. The molecular formula is C9H9FN4. The van der Waals surface area contributed by atoms with E-state index in [1.54, 1.807) is 12.1 Å². The summed E-state index contributed by atoms with van der Waals surface area (Å²) in [5, 5.41) is 3.92. The van der Waals surface area contributed by atoms with Crippen molar-refractivity contribution in [3.63, 3.8) is 0 Å². The van der Waals surface area contributed by atoms with E-state index in [-0.39, 0.29) is 12.4 Å². The summed E-state index contributed by atoms with van der Waals surface area (Å²) in [6.45, 7) is 0.141. The molecule has 4 nitrogen and oxygen atoms in total. The van der Waals surface area contributed by atoms with Gasteiger partial charge in [0.2, 0.25) is 0 Å². The zero-order valence-corrected chi connectivity index (χ0v) is 7.39. The molecule has 14 heavy (non-hydrogen) atoms. The lowest BCUT2D eigenvalue weighted by atomic mass is 10.1. The van der Waals surface area contributed by atoms with Crippen LogP contribution in [-0.4, -0.2) is 14.8 Å². The molecule has 0 spiro atoms. The summed E-state index contributed by atoms with van der Waals surface area (Å²) < 4.78 is 14.8. The van der Waals surface area contributed by atoms with Crippen LogP contribution >= 0.6 is 0 Å². The lowest BCUT2D eigenvalue weighted by Gasteiger charge is -2.07.